The van der Waals surface area contributed by atoms with Crippen LogP contribution in [0.4, 0.5) is 4.79 Å². The maximum atomic E-state index is 13.2. The number of nitrogens with one attached hydrogen (secondary N) is 1. The number of carboxylic acids is 1. The van der Waals surface area contributed by atoms with Crippen LogP contribution in [0, 0.1) is 0 Å². The molecule has 1 unspecified atom stereocenters. The number of aliphatic carboxylic acids is 1. The first-order valence-corrected chi connectivity index (χ1v) is 11.9. The second kappa shape index (κ2) is 10.1. The number of hydrogen-bond donors (Lipinski definition) is 2. The molecule has 1 aliphatic carbocycles. The Hall–Kier alpha value is -3.65. The van der Waals surface area contributed by atoms with Crippen molar-refractivity contribution in [1.82, 2.24) is 10.2 Å². The Labute approximate surface area is 202 Å². The zero-order chi connectivity index (χ0) is 24.2. The third-order valence-electron chi connectivity index (χ3n) is 5.89. The van der Waals surface area contributed by atoms with Gasteiger partial charge in [0.2, 0.25) is 0 Å². The van der Waals surface area contributed by atoms with Crippen LogP contribution in [0.25, 0.3) is 11.1 Å². The van der Waals surface area contributed by atoms with Gasteiger partial charge in [-0.3, -0.25) is 9.59 Å². The van der Waals surface area contributed by atoms with Crippen molar-refractivity contribution in [2.24, 2.45) is 0 Å². The standard InChI is InChI=1S/C26H26N2O5S/c1-16(2)28(14-23(29)30)25(31)24(22-12-7-13-34-22)27-26(32)33-15-21-19-10-5-3-8-17(19)18-9-4-6-11-20(18)21/h3-13,16,21,24H,14-15H2,1-2H3,(H,27,32)(H,29,30). The summed E-state index contributed by atoms with van der Waals surface area (Å²) in [5.74, 6) is -1.71. The number of hydrogen-bond acceptors (Lipinski definition) is 5. The van der Waals surface area contributed by atoms with E-state index in [0.717, 1.165) is 22.3 Å². The van der Waals surface area contributed by atoms with E-state index in [0.29, 0.717) is 4.88 Å². The van der Waals surface area contributed by atoms with Gasteiger partial charge in [0.05, 0.1) is 0 Å². The Morgan fingerprint density at radius 1 is 1.00 bits per heavy atom. The highest BCUT2D eigenvalue weighted by Gasteiger charge is 2.33. The Morgan fingerprint density at radius 3 is 2.15 bits per heavy atom. The number of nitrogens with zero attached hydrogens (tertiary/aromatic N) is 1. The molecule has 1 heterocycles. The van der Waals surface area contributed by atoms with E-state index in [1.807, 2.05) is 36.4 Å². The van der Waals surface area contributed by atoms with E-state index in [4.69, 9.17) is 4.74 Å². The van der Waals surface area contributed by atoms with E-state index >= 15 is 0 Å². The minimum atomic E-state index is -1.12. The van der Waals surface area contributed by atoms with Crippen LogP contribution in [0.1, 0.15) is 41.8 Å². The summed E-state index contributed by atoms with van der Waals surface area (Å²) in [4.78, 5) is 39.2. The highest BCUT2D eigenvalue weighted by Crippen LogP contribution is 2.44. The average Bonchev–Trinajstić information content (AvgIpc) is 3.46. The van der Waals surface area contributed by atoms with Crippen molar-refractivity contribution in [2.75, 3.05) is 13.2 Å². The molecular formula is C26H26N2O5S. The van der Waals surface area contributed by atoms with E-state index in [9.17, 15) is 19.5 Å². The fourth-order valence-electron chi connectivity index (χ4n) is 4.29. The maximum Gasteiger partial charge on any atom is 0.408 e. The first-order valence-electron chi connectivity index (χ1n) is 11.0. The van der Waals surface area contributed by atoms with Crippen molar-refractivity contribution in [1.29, 1.82) is 0 Å². The summed E-state index contributed by atoms with van der Waals surface area (Å²) in [6.45, 7) is 3.14. The van der Waals surface area contributed by atoms with Crippen LogP contribution in [0.3, 0.4) is 0 Å². The van der Waals surface area contributed by atoms with E-state index in [2.05, 4.69) is 17.4 Å². The molecule has 3 aromatic rings. The number of carbonyl (C=O) groups excluding carboxylic acids is 2. The molecule has 1 aliphatic rings. The summed E-state index contributed by atoms with van der Waals surface area (Å²) in [6.07, 6.45) is -0.729. The van der Waals surface area contributed by atoms with Gasteiger partial charge in [-0.05, 0) is 47.5 Å². The fourth-order valence-corrected chi connectivity index (χ4v) is 5.06. The van der Waals surface area contributed by atoms with Gasteiger partial charge in [0.25, 0.3) is 5.91 Å². The first-order chi connectivity index (χ1) is 16.4. The van der Waals surface area contributed by atoms with Crippen LogP contribution < -0.4 is 5.32 Å². The maximum absolute atomic E-state index is 13.2. The Morgan fingerprint density at radius 2 is 1.62 bits per heavy atom. The number of ether oxygens (including phenoxy) is 1. The number of fused-ring (bicyclic) bond motifs is 3. The van der Waals surface area contributed by atoms with Crippen LogP contribution in [0.15, 0.2) is 66.0 Å². The molecule has 0 spiro atoms. The largest absolute Gasteiger partial charge is 0.480 e. The number of carboxylic acid groups (broad SMARTS) is 1. The molecule has 0 aliphatic heterocycles. The summed E-state index contributed by atoms with van der Waals surface area (Å²) in [5.41, 5.74) is 4.43. The van der Waals surface area contributed by atoms with Gasteiger partial charge in [-0.15, -0.1) is 11.3 Å². The molecular weight excluding hydrogens is 452 g/mol. The Kier molecular flexibility index (Phi) is 6.98. The number of benzene rings is 2. The van der Waals surface area contributed by atoms with Gasteiger partial charge in [0.1, 0.15) is 19.2 Å². The Balaban J connectivity index is 1.50. The first kappa shape index (κ1) is 23.5. The number of amides is 2. The molecule has 1 atom stereocenters. The smallest absolute Gasteiger partial charge is 0.408 e. The van der Waals surface area contributed by atoms with Crippen molar-refractivity contribution in [3.63, 3.8) is 0 Å². The second-order valence-electron chi connectivity index (χ2n) is 8.37. The van der Waals surface area contributed by atoms with Crippen molar-refractivity contribution >= 4 is 29.3 Å². The zero-order valence-electron chi connectivity index (χ0n) is 18.9. The molecule has 2 aromatic carbocycles. The molecule has 0 bridgehead atoms. The molecule has 176 valence electrons. The molecule has 2 N–H and O–H groups in total. The fraction of sp³-hybridized carbons (Fsp3) is 0.269. The van der Waals surface area contributed by atoms with E-state index < -0.39 is 30.6 Å². The molecule has 7 nitrogen and oxygen atoms in total. The summed E-state index contributed by atoms with van der Waals surface area (Å²) < 4.78 is 5.61. The third-order valence-corrected chi connectivity index (χ3v) is 6.83. The number of carbonyl (C=O) groups is 3. The summed E-state index contributed by atoms with van der Waals surface area (Å²) in [7, 11) is 0. The SMILES string of the molecule is CC(C)N(CC(=O)O)C(=O)C(NC(=O)OCC1c2ccccc2-c2ccccc21)c1cccs1. The van der Waals surface area contributed by atoms with Gasteiger partial charge in [0, 0.05) is 16.8 Å². The molecule has 0 fully saturated rings. The topological polar surface area (TPSA) is 95.9 Å². The third kappa shape index (κ3) is 4.82. The molecule has 34 heavy (non-hydrogen) atoms. The van der Waals surface area contributed by atoms with Gasteiger partial charge >= 0.3 is 12.1 Å². The molecule has 8 heteroatoms. The number of rotatable bonds is 8. The minimum Gasteiger partial charge on any atom is -0.480 e. The van der Waals surface area contributed by atoms with Crippen molar-refractivity contribution in [3.05, 3.63) is 82.0 Å². The van der Waals surface area contributed by atoms with Gasteiger partial charge < -0.3 is 20.1 Å². The summed E-state index contributed by atoms with van der Waals surface area (Å²) >= 11 is 1.31. The van der Waals surface area contributed by atoms with Crippen LogP contribution in [-0.4, -0.2) is 47.2 Å². The summed E-state index contributed by atoms with van der Waals surface area (Å²) in [5, 5.41) is 13.7. The van der Waals surface area contributed by atoms with Crippen LogP contribution in [0.5, 0.6) is 0 Å². The molecule has 0 saturated heterocycles. The zero-order valence-corrected chi connectivity index (χ0v) is 19.7. The van der Waals surface area contributed by atoms with Crippen LogP contribution in [0.2, 0.25) is 0 Å². The van der Waals surface area contributed by atoms with Gasteiger partial charge in [-0.25, -0.2) is 4.79 Å². The lowest BCUT2D eigenvalue weighted by Gasteiger charge is -2.29. The lowest BCUT2D eigenvalue weighted by molar-refractivity contribution is -0.146. The quantitative estimate of drug-likeness (QED) is 0.491. The van der Waals surface area contributed by atoms with Crippen molar-refractivity contribution < 1.29 is 24.2 Å². The van der Waals surface area contributed by atoms with E-state index in [1.54, 1.807) is 31.4 Å². The number of thiophene rings is 1. The molecule has 1 aromatic heterocycles. The van der Waals surface area contributed by atoms with Crippen LogP contribution in [-0.2, 0) is 14.3 Å². The van der Waals surface area contributed by atoms with E-state index in [-0.39, 0.29) is 18.6 Å². The van der Waals surface area contributed by atoms with Crippen LogP contribution >= 0.6 is 11.3 Å². The highest BCUT2D eigenvalue weighted by atomic mass is 32.1. The lowest BCUT2D eigenvalue weighted by Crippen LogP contribution is -2.47. The molecule has 4 rings (SSSR count). The molecule has 0 radical (unpaired) electrons. The average molecular weight is 479 g/mol. The van der Waals surface area contributed by atoms with Gasteiger partial charge in [-0.1, -0.05) is 54.6 Å². The normalized spacial score (nSPS) is 13.1. The lowest BCUT2D eigenvalue weighted by atomic mass is 9.98. The van der Waals surface area contributed by atoms with Crippen molar-refractivity contribution in [3.8, 4) is 11.1 Å². The minimum absolute atomic E-state index is 0.104. The monoisotopic (exact) mass is 478 g/mol. The predicted octanol–water partition coefficient (Wildman–Crippen LogP) is 4.65. The number of alkyl carbamates (subject to hydrolysis) is 1. The second-order valence-corrected chi connectivity index (χ2v) is 9.35. The molecule has 2 amide bonds. The molecule has 0 saturated carbocycles. The van der Waals surface area contributed by atoms with Gasteiger partial charge in [-0.2, -0.15) is 0 Å². The van der Waals surface area contributed by atoms with Gasteiger partial charge in [0.15, 0.2) is 0 Å². The van der Waals surface area contributed by atoms with Crippen molar-refractivity contribution in [2.45, 2.75) is 31.8 Å². The van der Waals surface area contributed by atoms with E-state index in [1.165, 1.54) is 16.2 Å². The Bertz CT molecular complexity index is 1150. The summed E-state index contributed by atoms with van der Waals surface area (Å²) in [6, 6.07) is 18.2. The highest BCUT2D eigenvalue weighted by molar-refractivity contribution is 7.10. The predicted molar refractivity (Wildman–Crippen MR) is 130 cm³/mol.